The number of nitrogens with zero attached hydrogens (tertiary/aromatic N) is 1. The molecule has 0 atom stereocenters. The highest BCUT2D eigenvalue weighted by atomic mass is 32.2. The molecule has 0 saturated carbocycles. The Morgan fingerprint density at radius 3 is 1.96 bits per heavy atom. The van der Waals surface area contributed by atoms with Crippen molar-refractivity contribution in [2.24, 2.45) is 0 Å². The standard InChI is InChI=1S/C18H18F3NO3S/c19-18(20,21)26(24,25)17-7-3-15(4-8-17)22-11-9-14(10-12-22)13-1-5-16(23)6-2-13/h1-8,14,23H,9-12H2. The van der Waals surface area contributed by atoms with Crippen LogP contribution in [0.25, 0.3) is 0 Å². The third-order valence-electron chi connectivity index (χ3n) is 4.68. The average molecular weight is 385 g/mol. The van der Waals surface area contributed by atoms with Crippen molar-refractivity contribution in [1.29, 1.82) is 0 Å². The number of halogens is 3. The topological polar surface area (TPSA) is 57.6 Å². The van der Waals surface area contributed by atoms with E-state index in [1.54, 1.807) is 12.1 Å². The molecule has 1 saturated heterocycles. The molecule has 0 radical (unpaired) electrons. The number of sulfone groups is 1. The van der Waals surface area contributed by atoms with Gasteiger partial charge < -0.3 is 10.0 Å². The molecule has 4 nitrogen and oxygen atoms in total. The number of aromatic hydroxyl groups is 1. The van der Waals surface area contributed by atoms with Gasteiger partial charge in [0.1, 0.15) is 5.75 Å². The predicted octanol–water partition coefficient (Wildman–Crippen LogP) is 4.07. The molecule has 1 aliphatic rings. The Morgan fingerprint density at radius 1 is 0.923 bits per heavy atom. The third-order valence-corrected chi connectivity index (χ3v) is 6.18. The highest BCUT2D eigenvalue weighted by molar-refractivity contribution is 7.92. The minimum absolute atomic E-state index is 0.222. The van der Waals surface area contributed by atoms with Gasteiger partial charge in [0.2, 0.25) is 0 Å². The molecule has 0 amide bonds. The van der Waals surface area contributed by atoms with Gasteiger partial charge in [0.15, 0.2) is 0 Å². The summed E-state index contributed by atoms with van der Waals surface area (Å²) in [6, 6.07) is 11.9. The van der Waals surface area contributed by atoms with E-state index in [2.05, 4.69) is 0 Å². The Labute approximate surface area is 149 Å². The number of benzene rings is 2. The van der Waals surface area contributed by atoms with E-state index in [4.69, 9.17) is 0 Å². The molecule has 0 aromatic heterocycles. The molecule has 2 aromatic rings. The van der Waals surface area contributed by atoms with Crippen LogP contribution in [0, 0.1) is 0 Å². The van der Waals surface area contributed by atoms with Crippen LogP contribution in [0.5, 0.6) is 5.75 Å². The maximum absolute atomic E-state index is 12.6. The quantitative estimate of drug-likeness (QED) is 0.865. The van der Waals surface area contributed by atoms with E-state index in [0.29, 0.717) is 11.6 Å². The van der Waals surface area contributed by atoms with Gasteiger partial charge >= 0.3 is 5.51 Å². The van der Waals surface area contributed by atoms with Gasteiger partial charge in [-0.25, -0.2) is 8.42 Å². The van der Waals surface area contributed by atoms with Crippen molar-refractivity contribution < 1.29 is 26.7 Å². The van der Waals surface area contributed by atoms with Crippen molar-refractivity contribution in [2.75, 3.05) is 18.0 Å². The van der Waals surface area contributed by atoms with Crippen molar-refractivity contribution in [2.45, 2.75) is 29.2 Å². The van der Waals surface area contributed by atoms with Crippen molar-refractivity contribution in [1.82, 2.24) is 0 Å². The van der Waals surface area contributed by atoms with Gasteiger partial charge in [-0.2, -0.15) is 13.2 Å². The van der Waals surface area contributed by atoms with Crippen LogP contribution in [-0.2, 0) is 9.84 Å². The lowest BCUT2D eigenvalue weighted by Crippen LogP contribution is -2.32. The van der Waals surface area contributed by atoms with Crippen LogP contribution in [0.1, 0.15) is 24.3 Å². The molecule has 26 heavy (non-hydrogen) atoms. The first kappa shape index (κ1) is 18.6. The molecule has 0 spiro atoms. The van der Waals surface area contributed by atoms with E-state index in [9.17, 15) is 26.7 Å². The lowest BCUT2D eigenvalue weighted by molar-refractivity contribution is -0.0436. The molecule has 0 unspecified atom stereocenters. The summed E-state index contributed by atoms with van der Waals surface area (Å²) in [6.45, 7) is 1.44. The summed E-state index contributed by atoms with van der Waals surface area (Å²) < 4.78 is 60.6. The van der Waals surface area contributed by atoms with Crippen molar-refractivity contribution >= 4 is 15.5 Å². The zero-order valence-electron chi connectivity index (χ0n) is 13.8. The van der Waals surface area contributed by atoms with Crippen LogP contribution in [0.4, 0.5) is 18.9 Å². The highest BCUT2D eigenvalue weighted by Gasteiger charge is 2.46. The lowest BCUT2D eigenvalue weighted by atomic mass is 9.89. The summed E-state index contributed by atoms with van der Waals surface area (Å²) in [5.74, 6) is 0.580. The van der Waals surface area contributed by atoms with Gasteiger partial charge in [-0.15, -0.1) is 0 Å². The van der Waals surface area contributed by atoms with Gasteiger partial charge in [0.25, 0.3) is 9.84 Å². The van der Waals surface area contributed by atoms with Crippen LogP contribution >= 0.6 is 0 Å². The van der Waals surface area contributed by atoms with Crippen LogP contribution in [0.15, 0.2) is 53.4 Å². The Hall–Kier alpha value is -2.22. The summed E-state index contributed by atoms with van der Waals surface area (Å²) >= 11 is 0. The number of rotatable bonds is 3. The summed E-state index contributed by atoms with van der Waals surface area (Å²) in [6.07, 6.45) is 1.74. The first-order chi connectivity index (χ1) is 12.2. The third kappa shape index (κ3) is 3.65. The largest absolute Gasteiger partial charge is 0.508 e. The maximum atomic E-state index is 12.6. The first-order valence-corrected chi connectivity index (χ1v) is 9.62. The van der Waals surface area contributed by atoms with Crippen LogP contribution in [0.3, 0.4) is 0 Å². The molecule has 8 heteroatoms. The fourth-order valence-corrected chi connectivity index (χ4v) is 3.95. The molecule has 1 heterocycles. The molecular formula is C18H18F3NO3S. The fourth-order valence-electron chi connectivity index (χ4n) is 3.19. The zero-order valence-corrected chi connectivity index (χ0v) is 14.6. The zero-order chi connectivity index (χ0) is 18.9. The maximum Gasteiger partial charge on any atom is 0.501 e. The van der Waals surface area contributed by atoms with Crippen LogP contribution in [0.2, 0.25) is 0 Å². The summed E-state index contributed by atoms with van der Waals surface area (Å²) in [5.41, 5.74) is -3.44. The monoisotopic (exact) mass is 385 g/mol. The number of phenols is 1. The molecule has 1 aliphatic heterocycles. The van der Waals surface area contributed by atoms with Crippen LogP contribution < -0.4 is 4.90 Å². The molecule has 140 valence electrons. The average Bonchev–Trinajstić information content (AvgIpc) is 2.62. The predicted molar refractivity (Wildman–Crippen MR) is 92.0 cm³/mol. The lowest BCUT2D eigenvalue weighted by Gasteiger charge is -2.34. The SMILES string of the molecule is O=S(=O)(c1ccc(N2CCC(c3ccc(O)cc3)CC2)cc1)C(F)(F)F. The minimum atomic E-state index is -5.31. The van der Waals surface area contributed by atoms with Crippen LogP contribution in [-0.4, -0.2) is 32.1 Å². The van der Waals surface area contributed by atoms with Gasteiger partial charge in [-0.1, -0.05) is 12.1 Å². The first-order valence-electron chi connectivity index (χ1n) is 8.14. The van der Waals surface area contributed by atoms with Crippen molar-refractivity contribution in [3.05, 3.63) is 54.1 Å². The minimum Gasteiger partial charge on any atom is -0.508 e. The van der Waals surface area contributed by atoms with Gasteiger partial charge in [0, 0.05) is 18.8 Å². The molecule has 1 N–H and O–H groups in total. The van der Waals surface area contributed by atoms with E-state index < -0.39 is 20.2 Å². The Bertz CT molecular complexity index is 854. The van der Waals surface area contributed by atoms with E-state index in [1.807, 2.05) is 17.0 Å². The fraction of sp³-hybridized carbons (Fsp3) is 0.333. The second kappa shape index (κ2) is 6.83. The summed E-state index contributed by atoms with van der Waals surface area (Å²) in [5, 5.41) is 9.35. The number of phenolic OH excluding ortho intramolecular Hbond substituents is 1. The van der Waals surface area contributed by atoms with Gasteiger partial charge in [-0.05, 0) is 60.7 Å². The van der Waals surface area contributed by atoms with E-state index >= 15 is 0 Å². The van der Waals surface area contributed by atoms with Gasteiger partial charge in [-0.3, -0.25) is 0 Å². The normalized spacial score (nSPS) is 16.7. The highest BCUT2D eigenvalue weighted by Crippen LogP contribution is 2.33. The molecule has 0 bridgehead atoms. The number of alkyl halides is 3. The molecule has 0 aliphatic carbocycles. The second-order valence-electron chi connectivity index (χ2n) is 6.30. The smallest absolute Gasteiger partial charge is 0.501 e. The Kier molecular flexibility index (Phi) is 4.88. The number of hydrogen-bond acceptors (Lipinski definition) is 4. The second-order valence-corrected chi connectivity index (χ2v) is 8.24. The number of anilines is 1. The van der Waals surface area contributed by atoms with E-state index in [1.165, 1.54) is 12.1 Å². The molecule has 1 fully saturated rings. The number of hydrogen-bond donors (Lipinski definition) is 1. The summed E-state index contributed by atoms with van der Waals surface area (Å²) in [4.78, 5) is 1.29. The Morgan fingerprint density at radius 2 is 1.46 bits per heavy atom. The number of piperidine rings is 1. The van der Waals surface area contributed by atoms with Crippen molar-refractivity contribution in [3.8, 4) is 5.75 Å². The van der Waals surface area contributed by atoms with E-state index in [-0.39, 0.29) is 5.75 Å². The molecule has 3 rings (SSSR count). The molecule has 2 aromatic carbocycles. The summed E-state index contributed by atoms with van der Waals surface area (Å²) in [7, 11) is -5.31. The van der Waals surface area contributed by atoms with Crippen molar-refractivity contribution in [3.63, 3.8) is 0 Å². The van der Waals surface area contributed by atoms with Gasteiger partial charge in [0.05, 0.1) is 4.90 Å². The Balaban J connectivity index is 1.67. The van der Waals surface area contributed by atoms with E-state index in [0.717, 1.165) is 43.6 Å². The molecular weight excluding hydrogens is 367 g/mol.